The molecule has 1 saturated heterocycles. The first kappa shape index (κ1) is 23.9. The second kappa shape index (κ2) is 9.15. The van der Waals surface area contributed by atoms with Gasteiger partial charge in [-0.05, 0) is 12.8 Å². The lowest BCUT2D eigenvalue weighted by Gasteiger charge is -2.49. The number of nitrogens with two attached hydrogens (primary N) is 1. The number of thioether (sulfide) groups is 1. The maximum Gasteiger partial charge on any atom is 0.352 e. The van der Waals surface area contributed by atoms with Crippen LogP contribution in [0.2, 0.25) is 0 Å². The first-order chi connectivity index (χ1) is 17.9. The van der Waals surface area contributed by atoms with Crippen molar-refractivity contribution in [3.8, 4) is 0 Å². The number of thiazole rings is 2. The Morgan fingerprint density at radius 3 is 2.97 bits per heavy atom. The van der Waals surface area contributed by atoms with Crippen molar-refractivity contribution in [3.63, 3.8) is 0 Å². The number of carbonyl (C=O) groups is 3. The number of carboxylic acid groups (broad SMARTS) is 1. The van der Waals surface area contributed by atoms with E-state index in [1.807, 2.05) is 17.1 Å². The van der Waals surface area contributed by atoms with Crippen LogP contribution in [0.1, 0.15) is 22.7 Å². The minimum atomic E-state index is -1.17. The maximum atomic E-state index is 13.1. The average molecular weight is 561 g/mol. The zero-order valence-corrected chi connectivity index (χ0v) is 22.0. The van der Waals surface area contributed by atoms with Gasteiger partial charge in [-0.2, -0.15) is 4.40 Å². The molecule has 15 heteroatoms. The summed E-state index contributed by atoms with van der Waals surface area (Å²) in [5.41, 5.74) is 7.73. The topological polar surface area (TPSA) is 156 Å². The highest BCUT2D eigenvalue weighted by Gasteiger charge is 2.54. The molecular formula is C22H22N7O5S3+. The molecule has 5 heterocycles. The van der Waals surface area contributed by atoms with Gasteiger partial charge in [0, 0.05) is 23.1 Å². The van der Waals surface area contributed by atoms with Crippen LogP contribution in [0.4, 0.5) is 5.13 Å². The third kappa shape index (κ3) is 3.97. The van der Waals surface area contributed by atoms with E-state index in [2.05, 4.69) is 19.9 Å². The quantitative estimate of drug-likeness (QED) is 0.164. The number of rotatable bonds is 7. The van der Waals surface area contributed by atoms with E-state index in [-0.39, 0.29) is 22.2 Å². The zero-order chi connectivity index (χ0) is 25.8. The third-order valence-electron chi connectivity index (χ3n) is 6.51. The zero-order valence-electron chi connectivity index (χ0n) is 19.5. The van der Waals surface area contributed by atoms with Crippen LogP contribution < -0.4 is 15.6 Å². The van der Waals surface area contributed by atoms with Crippen molar-refractivity contribution in [1.29, 1.82) is 0 Å². The Kier molecular flexibility index (Phi) is 5.92. The van der Waals surface area contributed by atoms with Crippen molar-refractivity contribution in [2.75, 3.05) is 18.6 Å². The van der Waals surface area contributed by atoms with E-state index in [4.69, 9.17) is 10.6 Å². The summed E-state index contributed by atoms with van der Waals surface area (Å²) in [6.45, 7) is 0.362. The second-order valence-electron chi connectivity index (χ2n) is 8.76. The molecule has 0 spiro atoms. The molecule has 1 fully saturated rings. The van der Waals surface area contributed by atoms with Crippen molar-refractivity contribution in [3.05, 3.63) is 45.4 Å². The van der Waals surface area contributed by atoms with E-state index < -0.39 is 29.2 Å². The van der Waals surface area contributed by atoms with Crippen molar-refractivity contribution < 1.29 is 28.9 Å². The van der Waals surface area contributed by atoms with Gasteiger partial charge in [0.2, 0.25) is 11.2 Å². The van der Waals surface area contributed by atoms with Gasteiger partial charge in [0.05, 0.1) is 4.88 Å². The summed E-state index contributed by atoms with van der Waals surface area (Å²) in [5.74, 6) is -1.90. The molecule has 3 aromatic heterocycles. The molecule has 2 aliphatic heterocycles. The van der Waals surface area contributed by atoms with Crippen LogP contribution >= 0.6 is 34.4 Å². The summed E-state index contributed by atoms with van der Waals surface area (Å²) in [7, 11) is 1.29. The van der Waals surface area contributed by atoms with E-state index in [1.54, 1.807) is 16.7 Å². The highest BCUT2D eigenvalue weighted by molar-refractivity contribution is 8.00. The molecule has 2 amide bonds. The molecule has 192 valence electrons. The van der Waals surface area contributed by atoms with Crippen molar-refractivity contribution in [1.82, 2.24) is 19.6 Å². The number of carboxylic acids is 1. The van der Waals surface area contributed by atoms with Gasteiger partial charge in [0.25, 0.3) is 11.8 Å². The summed E-state index contributed by atoms with van der Waals surface area (Å²) in [4.78, 5) is 50.9. The van der Waals surface area contributed by atoms with Gasteiger partial charge in [-0.15, -0.1) is 23.1 Å². The number of nitrogens with one attached hydrogen (secondary N) is 1. The Hall–Kier alpha value is -3.43. The number of imidazole rings is 1. The number of nitrogen functional groups attached to an aromatic ring is 1. The fraction of sp³-hybridized carbons (Fsp3) is 0.364. The minimum absolute atomic E-state index is 0.0235. The summed E-state index contributed by atoms with van der Waals surface area (Å²) in [6.07, 6.45) is 7.34. The number of nitrogens with zero attached hydrogens (tertiary/aromatic N) is 5. The first-order valence-electron chi connectivity index (χ1n) is 11.4. The molecule has 6 rings (SSSR count). The number of hydrogen-bond donors (Lipinski definition) is 3. The smallest absolute Gasteiger partial charge is 0.352 e. The summed E-state index contributed by atoms with van der Waals surface area (Å²) in [6, 6.07) is -0.901. The second-order valence-corrected chi connectivity index (χ2v) is 11.9. The number of amides is 2. The monoisotopic (exact) mass is 560 g/mol. The van der Waals surface area contributed by atoms with Gasteiger partial charge in [0.15, 0.2) is 10.8 Å². The van der Waals surface area contributed by atoms with Gasteiger partial charge in [-0.1, -0.05) is 16.5 Å². The van der Waals surface area contributed by atoms with E-state index >= 15 is 0 Å². The third-order valence-corrected chi connectivity index (χ3v) is 9.72. The largest absolute Gasteiger partial charge is 0.477 e. The van der Waals surface area contributed by atoms with E-state index in [0.717, 1.165) is 35.4 Å². The van der Waals surface area contributed by atoms with Crippen LogP contribution in [-0.4, -0.2) is 67.2 Å². The van der Waals surface area contributed by atoms with Crippen LogP contribution in [0.5, 0.6) is 0 Å². The van der Waals surface area contributed by atoms with Gasteiger partial charge < -0.3 is 21.0 Å². The molecule has 3 aromatic rings. The number of aromatic nitrogens is 3. The maximum absolute atomic E-state index is 13.1. The van der Waals surface area contributed by atoms with Crippen LogP contribution in [0.15, 0.2) is 34.3 Å². The molecule has 0 bridgehead atoms. The lowest BCUT2D eigenvalue weighted by molar-refractivity contribution is -0.687. The molecule has 4 N–H and O–H groups in total. The Morgan fingerprint density at radius 2 is 2.24 bits per heavy atom. The predicted molar refractivity (Wildman–Crippen MR) is 137 cm³/mol. The summed E-state index contributed by atoms with van der Waals surface area (Å²) >= 11 is 4.33. The van der Waals surface area contributed by atoms with Crippen LogP contribution in [0.3, 0.4) is 0 Å². The molecule has 0 aromatic carbocycles. The first-order valence-corrected chi connectivity index (χ1v) is 14.1. The molecule has 0 unspecified atom stereocenters. The van der Waals surface area contributed by atoms with Gasteiger partial charge in [-0.3, -0.25) is 14.5 Å². The molecule has 12 nitrogen and oxygen atoms in total. The molecule has 3 aliphatic rings. The lowest BCUT2D eigenvalue weighted by atomic mass is 10.0. The molecule has 0 radical (unpaired) electrons. The van der Waals surface area contributed by atoms with Crippen molar-refractivity contribution in [2.24, 2.45) is 5.16 Å². The van der Waals surface area contributed by atoms with Crippen LogP contribution in [0.25, 0.3) is 4.83 Å². The standard InChI is InChI=1S/C22H21N7O5S3/c1-34-26-15(11-8-36-22(23)24-11)18(30)25-16-19(31)29-17(21(32)33)10(7-35-20(16)29)5-27-6-14-28(9-27)12-3-2-4-13(12)37-14/h6,8-9,16,20H,2-5,7H2,1H3,(H3-,23,24,25,30,32,33)/p+1/b26-15-/t16-,20-/m1/s1. The SMILES string of the molecule is CO/N=C(\C(=O)N[C@@H]1C(=O)N2C(C(=O)O)=C(C[n+]3cc4sc5c(n4c3)CCC5)CS[C@H]12)c1csc(N)n1. The summed E-state index contributed by atoms with van der Waals surface area (Å²) < 4.78 is 4.16. The fourth-order valence-corrected chi connectivity index (χ4v) is 8.07. The van der Waals surface area contributed by atoms with Crippen molar-refractivity contribution in [2.45, 2.75) is 37.2 Å². The number of oxime groups is 1. The van der Waals surface area contributed by atoms with Crippen LogP contribution in [0, 0.1) is 0 Å². The van der Waals surface area contributed by atoms with E-state index in [1.165, 1.54) is 34.3 Å². The molecular weight excluding hydrogens is 538 g/mol. The predicted octanol–water partition coefficient (Wildman–Crippen LogP) is 0.605. The highest BCUT2D eigenvalue weighted by atomic mass is 32.2. The average Bonchev–Trinajstić information content (AvgIpc) is 3.64. The fourth-order valence-electron chi connectivity index (χ4n) is 4.93. The van der Waals surface area contributed by atoms with Gasteiger partial charge >= 0.3 is 5.97 Å². The Bertz CT molecular complexity index is 1520. The Morgan fingerprint density at radius 1 is 1.41 bits per heavy atom. The van der Waals surface area contributed by atoms with Crippen LogP contribution in [-0.2, 0) is 38.6 Å². The number of anilines is 1. The number of aliphatic carboxylic acids is 1. The molecule has 0 saturated carbocycles. The summed E-state index contributed by atoms with van der Waals surface area (Å²) in [5, 5.41) is 17.7. The number of carbonyl (C=O) groups excluding carboxylic acids is 2. The Labute approximate surface area is 222 Å². The van der Waals surface area contributed by atoms with Crippen molar-refractivity contribution >= 4 is 67.9 Å². The number of β-lactam (4-membered cyclic amide) rings is 1. The van der Waals surface area contributed by atoms with E-state index in [9.17, 15) is 19.5 Å². The number of hydrogen-bond acceptors (Lipinski definition) is 10. The number of aryl methyl sites for hydroxylation is 2. The van der Waals surface area contributed by atoms with Gasteiger partial charge in [-0.25, -0.2) is 14.3 Å². The minimum Gasteiger partial charge on any atom is -0.477 e. The lowest BCUT2D eigenvalue weighted by Crippen LogP contribution is -2.71. The normalized spacial score (nSPS) is 21.2. The molecule has 1 aliphatic carbocycles. The highest BCUT2D eigenvalue weighted by Crippen LogP contribution is 2.40. The molecule has 2 atom stereocenters. The molecule has 37 heavy (non-hydrogen) atoms. The number of fused-ring (bicyclic) bond motifs is 4. The van der Waals surface area contributed by atoms with Gasteiger partial charge in [0.1, 0.15) is 48.4 Å². The van der Waals surface area contributed by atoms with E-state index in [0.29, 0.717) is 17.9 Å². The Balaban J connectivity index is 1.21.